The van der Waals surface area contributed by atoms with E-state index >= 15 is 0 Å². The summed E-state index contributed by atoms with van der Waals surface area (Å²) in [5.74, 6) is 0.298. The van der Waals surface area contributed by atoms with Gasteiger partial charge in [0.15, 0.2) is 11.8 Å². The highest BCUT2D eigenvalue weighted by molar-refractivity contribution is 8.18. The lowest BCUT2D eigenvalue weighted by molar-refractivity contribution is -0.115. The number of nitriles is 1. The van der Waals surface area contributed by atoms with Crippen molar-refractivity contribution in [3.8, 4) is 11.8 Å². The van der Waals surface area contributed by atoms with Gasteiger partial charge in [0.25, 0.3) is 5.91 Å². The quantitative estimate of drug-likeness (QED) is 0.822. The first-order valence-electron chi connectivity index (χ1n) is 7.30. The summed E-state index contributed by atoms with van der Waals surface area (Å²) in [6.07, 6.45) is 1.71. The summed E-state index contributed by atoms with van der Waals surface area (Å²) < 4.78 is 5.38. The third-order valence-electron chi connectivity index (χ3n) is 3.22. The zero-order chi connectivity index (χ0) is 17.6. The van der Waals surface area contributed by atoms with Crippen LogP contribution in [0.3, 0.4) is 0 Å². The minimum Gasteiger partial charge on any atom is -0.478 e. The molecule has 124 valence electrons. The molecule has 0 bridgehead atoms. The highest BCUT2D eigenvalue weighted by Crippen LogP contribution is 2.32. The van der Waals surface area contributed by atoms with Crippen LogP contribution < -0.4 is 10.1 Å². The number of carbonyl (C=O) groups is 1. The van der Waals surface area contributed by atoms with Crippen LogP contribution in [0.15, 0.2) is 58.4 Å². The third kappa shape index (κ3) is 4.21. The molecular weight excluding hydrogens is 358 g/mol. The van der Waals surface area contributed by atoms with Crippen LogP contribution in [0.2, 0.25) is 5.02 Å². The molecule has 0 saturated carbocycles. The number of nitrogens with one attached hydrogen (secondary N) is 1. The summed E-state index contributed by atoms with van der Waals surface area (Å²) in [6.45, 7) is -0.0568. The van der Waals surface area contributed by atoms with Gasteiger partial charge in [0, 0.05) is 5.56 Å². The van der Waals surface area contributed by atoms with E-state index in [1.807, 2.05) is 30.3 Å². The Balaban J connectivity index is 1.85. The van der Waals surface area contributed by atoms with Crippen LogP contribution in [0, 0.1) is 11.3 Å². The van der Waals surface area contributed by atoms with E-state index in [1.54, 1.807) is 30.3 Å². The molecule has 1 aliphatic heterocycles. The average Bonchev–Trinajstić information content (AvgIpc) is 2.95. The molecule has 1 fully saturated rings. The highest BCUT2D eigenvalue weighted by atomic mass is 35.5. The van der Waals surface area contributed by atoms with Crippen LogP contribution in [0.5, 0.6) is 5.75 Å². The maximum atomic E-state index is 12.2. The Kier molecular flexibility index (Phi) is 5.39. The number of hydrogen-bond donors (Lipinski definition) is 1. The van der Waals surface area contributed by atoms with Crippen molar-refractivity contribution in [1.29, 1.82) is 5.26 Å². The summed E-state index contributed by atoms with van der Waals surface area (Å²) in [7, 11) is 0. The number of amides is 1. The number of para-hydroxylation sites is 2. The minimum atomic E-state index is -0.245. The number of amidine groups is 1. The van der Waals surface area contributed by atoms with E-state index in [-0.39, 0.29) is 12.5 Å². The Hall–Kier alpha value is -2.75. The molecule has 3 rings (SSSR count). The van der Waals surface area contributed by atoms with Gasteiger partial charge in [0.05, 0.1) is 15.6 Å². The molecule has 25 heavy (non-hydrogen) atoms. The Bertz CT molecular complexity index is 919. The number of thioether (sulfide) groups is 1. The van der Waals surface area contributed by atoms with Crippen LogP contribution in [0.1, 0.15) is 5.56 Å². The largest absolute Gasteiger partial charge is 0.478 e. The van der Waals surface area contributed by atoms with Crippen molar-refractivity contribution in [3.63, 3.8) is 0 Å². The lowest BCUT2D eigenvalue weighted by Crippen LogP contribution is -2.19. The normalized spacial score (nSPS) is 16.7. The van der Waals surface area contributed by atoms with Gasteiger partial charge in [-0.25, -0.2) is 4.99 Å². The van der Waals surface area contributed by atoms with Gasteiger partial charge in [0.2, 0.25) is 0 Å². The molecule has 0 aromatic heterocycles. The number of carbonyl (C=O) groups excluding carboxylic acids is 1. The van der Waals surface area contributed by atoms with Gasteiger partial charge in [-0.15, -0.1) is 0 Å². The van der Waals surface area contributed by atoms with Gasteiger partial charge < -0.3 is 10.1 Å². The summed E-state index contributed by atoms with van der Waals surface area (Å²) in [6, 6.07) is 16.3. The minimum absolute atomic E-state index is 0.0568. The second-order valence-corrected chi connectivity index (χ2v) is 6.36. The van der Waals surface area contributed by atoms with E-state index in [4.69, 9.17) is 21.6 Å². The van der Waals surface area contributed by atoms with Crippen LogP contribution in [0.4, 0.5) is 5.69 Å². The first-order valence-corrected chi connectivity index (χ1v) is 8.50. The van der Waals surface area contributed by atoms with Crippen molar-refractivity contribution in [2.45, 2.75) is 0 Å². The smallest absolute Gasteiger partial charge is 0.264 e. The Morgan fingerprint density at radius 1 is 1.24 bits per heavy atom. The number of aliphatic imine (C=N–C) groups is 1. The fourth-order valence-electron chi connectivity index (χ4n) is 2.11. The van der Waals surface area contributed by atoms with E-state index in [0.717, 1.165) is 5.56 Å². The molecule has 0 aliphatic carbocycles. The van der Waals surface area contributed by atoms with Crippen LogP contribution >= 0.6 is 23.4 Å². The number of benzene rings is 2. The molecule has 1 N–H and O–H groups in total. The topological polar surface area (TPSA) is 74.5 Å². The monoisotopic (exact) mass is 369 g/mol. The molecule has 0 atom stereocenters. The summed E-state index contributed by atoms with van der Waals surface area (Å²) in [5.41, 5.74) is 1.31. The maximum Gasteiger partial charge on any atom is 0.264 e. The molecule has 0 radical (unpaired) electrons. The van der Waals surface area contributed by atoms with E-state index < -0.39 is 0 Å². The number of nitrogens with zero attached hydrogens (tertiary/aromatic N) is 2. The fourth-order valence-corrected chi connectivity index (χ4v) is 3.12. The first-order chi connectivity index (χ1) is 12.2. The fraction of sp³-hybridized carbons (Fsp3) is 0.0556. The summed E-state index contributed by atoms with van der Waals surface area (Å²) >= 11 is 7.31. The summed E-state index contributed by atoms with van der Waals surface area (Å²) in [5, 5.41) is 12.3. The molecule has 0 spiro atoms. The number of hydrogen-bond acceptors (Lipinski definition) is 5. The second kappa shape index (κ2) is 7.88. The molecular formula is C18H12ClN3O2S. The molecule has 0 unspecified atom stereocenters. The molecule has 2 aromatic carbocycles. The average molecular weight is 370 g/mol. The van der Waals surface area contributed by atoms with Gasteiger partial charge in [0.1, 0.15) is 11.8 Å². The third-order valence-corrected chi connectivity index (χ3v) is 4.45. The first kappa shape index (κ1) is 17.1. The number of ether oxygens (including phenoxy) is 1. The maximum absolute atomic E-state index is 12.2. The molecule has 1 saturated heterocycles. The predicted molar refractivity (Wildman–Crippen MR) is 99.8 cm³/mol. The highest BCUT2D eigenvalue weighted by Gasteiger charge is 2.24. The van der Waals surface area contributed by atoms with Crippen molar-refractivity contribution < 1.29 is 9.53 Å². The zero-order valence-electron chi connectivity index (χ0n) is 12.9. The Labute approximate surface area is 154 Å². The van der Waals surface area contributed by atoms with Gasteiger partial charge in [-0.3, -0.25) is 4.79 Å². The van der Waals surface area contributed by atoms with E-state index in [9.17, 15) is 4.79 Å². The second-order valence-electron chi connectivity index (χ2n) is 4.92. The van der Waals surface area contributed by atoms with Crippen molar-refractivity contribution in [1.82, 2.24) is 5.32 Å². The van der Waals surface area contributed by atoms with Gasteiger partial charge >= 0.3 is 0 Å². The SMILES string of the molecule is N#CCOc1ccccc1/C=C1\SC(=Nc2ccccc2Cl)NC1=O. The van der Waals surface area contributed by atoms with Crippen LogP contribution in [-0.4, -0.2) is 17.7 Å². The van der Waals surface area contributed by atoms with Gasteiger partial charge in [-0.1, -0.05) is 41.9 Å². The Morgan fingerprint density at radius 2 is 2.00 bits per heavy atom. The molecule has 7 heteroatoms. The van der Waals surface area contributed by atoms with Crippen molar-refractivity contribution in [2.24, 2.45) is 4.99 Å². The van der Waals surface area contributed by atoms with E-state index in [0.29, 0.717) is 26.5 Å². The predicted octanol–water partition coefficient (Wildman–Crippen LogP) is 4.13. The van der Waals surface area contributed by atoms with Crippen molar-refractivity contribution in [3.05, 3.63) is 64.0 Å². The van der Waals surface area contributed by atoms with Crippen LogP contribution in [-0.2, 0) is 4.79 Å². The van der Waals surface area contributed by atoms with E-state index in [2.05, 4.69) is 10.3 Å². The number of halogens is 1. The van der Waals surface area contributed by atoms with Gasteiger partial charge in [-0.2, -0.15) is 5.26 Å². The number of rotatable bonds is 4. The van der Waals surface area contributed by atoms with E-state index in [1.165, 1.54) is 11.8 Å². The summed E-state index contributed by atoms with van der Waals surface area (Å²) in [4.78, 5) is 17.0. The molecule has 5 nitrogen and oxygen atoms in total. The zero-order valence-corrected chi connectivity index (χ0v) is 14.5. The standard InChI is InChI=1S/C18H12ClN3O2S/c19-13-6-2-3-7-14(13)21-18-22-17(23)16(25-18)11-12-5-1-4-8-15(12)24-10-9-20/h1-8,11H,10H2,(H,21,22,23)/b16-11-. The molecule has 1 heterocycles. The molecule has 2 aromatic rings. The molecule has 1 aliphatic rings. The lowest BCUT2D eigenvalue weighted by Gasteiger charge is -2.05. The van der Waals surface area contributed by atoms with Crippen LogP contribution in [0.25, 0.3) is 6.08 Å². The lowest BCUT2D eigenvalue weighted by atomic mass is 10.2. The Morgan fingerprint density at radius 3 is 2.80 bits per heavy atom. The van der Waals surface area contributed by atoms with Crippen molar-refractivity contribution >= 4 is 46.2 Å². The van der Waals surface area contributed by atoms with Crippen molar-refractivity contribution in [2.75, 3.05) is 6.61 Å². The molecule has 1 amide bonds. The van der Waals surface area contributed by atoms with Gasteiger partial charge in [-0.05, 0) is 36.0 Å².